The van der Waals surface area contributed by atoms with Crippen molar-refractivity contribution in [2.24, 2.45) is 34.8 Å². The number of aromatic nitrogens is 2. The third-order valence-corrected chi connectivity index (χ3v) is 19.4. The molecule has 3 aromatic carbocycles. The second-order valence-electron chi connectivity index (χ2n) is 29.3. The van der Waals surface area contributed by atoms with E-state index in [-0.39, 0.29) is 55.4 Å². The van der Waals surface area contributed by atoms with Crippen LogP contribution >= 0.6 is 25.3 Å². The maximum atomic E-state index is 15.2. The van der Waals surface area contributed by atoms with Crippen LogP contribution in [0.1, 0.15) is 122 Å². The van der Waals surface area contributed by atoms with Crippen LogP contribution in [0.2, 0.25) is 0 Å². The van der Waals surface area contributed by atoms with E-state index in [1.54, 1.807) is 82.4 Å². The van der Waals surface area contributed by atoms with Crippen LogP contribution in [0.4, 0.5) is 0 Å². The van der Waals surface area contributed by atoms with E-state index in [0.29, 0.717) is 38.5 Å². The molecule has 42 heteroatoms. The van der Waals surface area contributed by atoms with Crippen molar-refractivity contribution >= 4 is 153 Å². The highest BCUT2D eigenvalue weighted by molar-refractivity contribution is 7.80. The number of hydrogen-bond acceptors (Lipinski definition) is 22. The molecule has 5 rings (SSSR count). The van der Waals surface area contributed by atoms with Crippen LogP contribution in [0.25, 0.3) is 21.8 Å². The number of aliphatic carboxylic acids is 1. The number of primary amides is 4. The third kappa shape index (κ3) is 32.6. The molecule has 2 aromatic heterocycles. The Labute approximate surface area is 695 Å². The summed E-state index contributed by atoms with van der Waals surface area (Å²) >= 11 is 8.45. The Bertz CT molecular complexity index is 4460. The fourth-order valence-electron chi connectivity index (χ4n) is 12.3. The molecule has 0 bridgehead atoms. The number of fused-ring (bicyclic) bond motifs is 2. The van der Waals surface area contributed by atoms with Gasteiger partial charge in [0, 0.05) is 91.2 Å². The number of aliphatic hydroxyl groups is 1. The molecule has 0 saturated carbocycles. The average molecular weight is 1700 g/mol. The molecule has 17 amide bonds. The highest BCUT2D eigenvalue weighted by Gasteiger charge is 2.39. The molecule has 0 saturated heterocycles. The van der Waals surface area contributed by atoms with Crippen LogP contribution in [-0.4, -0.2) is 228 Å². The van der Waals surface area contributed by atoms with Gasteiger partial charge in [-0.2, -0.15) is 25.3 Å². The molecule has 0 fully saturated rings. The average Bonchev–Trinajstić information content (AvgIpc) is 1.37. The summed E-state index contributed by atoms with van der Waals surface area (Å²) in [6.45, 7) is 8.57. The lowest BCUT2D eigenvalue weighted by atomic mass is 9.99. The van der Waals surface area contributed by atoms with Gasteiger partial charge in [-0.25, -0.2) is 0 Å². The lowest BCUT2D eigenvalue weighted by Gasteiger charge is -2.29. The predicted molar refractivity (Wildman–Crippen MR) is 437 cm³/mol. The molecule has 5 aromatic rings. The van der Waals surface area contributed by atoms with Crippen molar-refractivity contribution < 1.29 is 102 Å². The van der Waals surface area contributed by atoms with E-state index in [4.69, 9.17) is 22.9 Å². The molecule has 0 radical (unpaired) electrons. The Morgan fingerprint density at radius 1 is 0.403 bits per heavy atom. The third-order valence-electron chi connectivity index (χ3n) is 18.6. The second-order valence-corrected chi connectivity index (χ2v) is 30.1. The number of thiol groups is 2. The van der Waals surface area contributed by atoms with E-state index < -0.39 is 249 Å². The van der Waals surface area contributed by atoms with Crippen molar-refractivity contribution in [2.75, 3.05) is 18.1 Å². The lowest BCUT2D eigenvalue weighted by molar-refractivity contribution is -0.139. The quantitative estimate of drug-likeness (QED) is 0.0164. The highest BCUT2D eigenvalue weighted by Crippen LogP contribution is 2.23. The molecule has 2 heterocycles. The first kappa shape index (κ1) is 97.2. The Balaban J connectivity index is 1.47. The number of carbonyl (C=O) groups excluding carboxylic acids is 17. The van der Waals surface area contributed by atoms with E-state index in [9.17, 15) is 92.0 Å². The zero-order valence-electron chi connectivity index (χ0n) is 66.5. The number of aliphatic hydroxyl groups excluding tert-OH is 1. The van der Waals surface area contributed by atoms with Crippen molar-refractivity contribution in [3.63, 3.8) is 0 Å². The highest BCUT2D eigenvalue weighted by atomic mass is 32.1. The van der Waals surface area contributed by atoms with Gasteiger partial charge in [0.15, 0.2) is 0 Å². The number of nitrogens with two attached hydrogens (primary N) is 4. The van der Waals surface area contributed by atoms with Gasteiger partial charge >= 0.3 is 5.97 Å². The number of aromatic hydroxyl groups is 1. The molecule has 0 aliphatic carbocycles. The zero-order chi connectivity index (χ0) is 88.5. The van der Waals surface area contributed by atoms with Crippen molar-refractivity contribution in [3.05, 3.63) is 102 Å². The summed E-state index contributed by atoms with van der Waals surface area (Å²) in [4.78, 5) is 251. The van der Waals surface area contributed by atoms with E-state index in [1.807, 2.05) is 0 Å². The summed E-state index contributed by atoms with van der Waals surface area (Å²) in [5.41, 5.74) is 24.2. The molecule has 0 spiro atoms. The predicted octanol–water partition coefficient (Wildman–Crippen LogP) is -4.18. The Hall–Kier alpha value is -12.3. The number of H-pyrrole nitrogens is 2. The molecular weight excluding hydrogens is 1590 g/mol. The van der Waals surface area contributed by atoms with Gasteiger partial charge in [0.2, 0.25) is 100 Å². The summed E-state index contributed by atoms with van der Waals surface area (Å²) in [6, 6.07) is -0.753. The first-order chi connectivity index (χ1) is 56.2. The number of para-hydroxylation sites is 2. The first-order valence-corrected chi connectivity index (χ1v) is 39.4. The molecule has 119 heavy (non-hydrogen) atoms. The second kappa shape index (κ2) is 47.8. The Kier molecular flexibility index (Phi) is 39.0. The van der Waals surface area contributed by atoms with Crippen molar-refractivity contribution in [1.29, 1.82) is 0 Å². The van der Waals surface area contributed by atoms with Gasteiger partial charge in [-0.3, -0.25) is 86.3 Å². The van der Waals surface area contributed by atoms with E-state index in [2.05, 4.69) is 104 Å². The number of carboxylic acid groups (broad SMARTS) is 1. The minimum absolute atomic E-state index is 0.0873. The van der Waals surface area contributed by atoms with E-state index >= 15 is 9.59 Å². The number of hydrogen-bond donors (Lipinski definition) is 24. The maximum Gasteiger partial charge on any atom is 0.303 e. The van der Waals surface area contributed by atoms with Crippen LogP contribution in [0.5, 0.6) is 5.75 Å². The van der Waals surface area contributed by atoms with E-state index in [0.717, 1.165) is 13.8 Å². The van der Waals surface area contributed by atoms with Gasteiger partial charge in [-0.15, -0.1) is 0 Å². The minimum atomic E-state index is -1.93. The van der Waals surface area contributed by atoms with Crippen LogP contribution in [0.3, 0.4) is 0 Å². The van der Waals surface area contributed by atoms with Gasteiger partial charge in [0.1, 0.15) is 78.3 Å². The number of rotatable bonds is 51. The van der Waals surface area contributed by atoms with Gasteiger partial charge in [0.25, 0.3) is 0 Å². The molecular formula is C77H107N19O21S2. The minimum Gasteiger partial charge on any atom is -0.508 e. The molecule has 13 atom stereocenters. The van der Waals surface area contributed by atoms with Crippen LogP contribution in [0, 0.1) is 11.8 Å². The first-order valence-electron chi connectivity index (χ1n) is 38.2. The van der Waals surface area contributed by atoms with Gasteiger partial charge in [0.05, 0.1) is 19.1 Å². The standard InChI is InChI=1S/C77H107N19O21S2/c1-37(2)15-20-49(68(108)87-52(23-26-64(104)105)69(109)93-57(31-62(80)102)67(107)84-34-63(103)86-53(66(81)106)27-38(3)4)88-73(113)55(29-42-32-82-47-13-9-7-11-45(42)47)92-72(112)54(28-41-16-18-44(99)19-17-41)91-76(116)59(36-119)95-70(110)50(21-24-60(78)100)89-74(114)56(30-43-33-83-48-14-10-8-12-46(43)48)94-77(117)65(39(5)97)96-71(111)51(22-25-61(79)101)90-75(115)58(35-118)85-40(6)98/h7-14,16-19,32-33,37-39,49-59,65,82-83,97,99,118-119H,15,20-31,34-36H2,1-6H3,(H2,78,100)(H2,79,101)(H2,80,102)(H2,81,106)(H,84,107)(H,85,98)(H,86,103)(H,87,108)(H,88,113)(H,89,114)(H,90,115)(H,91,116)(H,92,112)(H,93,109)(H,94,117)(H,95,110)(H,96,111)(H,104,105)/t39-,49+,50+,51+,52+,53+,54+,55+,56+,57+,58+,59+,65+/m1/s1. The van der Waals surface area contributed by atoms with Gasteiger partial charge in [-0.05, 0) is 98.2 Å². The Morgan fingerprint density at radius 2 is 0.790 bits per heavy atom. The number of carbonyl (C=O) groups is 18. The summed E-state index contributed by atoms with van der Waals surface area (Å²) in [5, 5.41) is 64.1. The van der Waals surface area contributed by atoms with E-state index in [1.165, 1.54) is 30.5 Å². The van der Waals surface area contributed by atoms with Crippen LogP contribution in [-0.2, 0) is 106 Å². The van der Waals surface area contributed by atoms with Gasteiger partial charge < -0.3 is 117 Å². The topological polar surface area (TPSA) is 660 Å². The Morgan fingerprint density at radius 3 is 1.20 bits per heavy atom. The number of aromatic amines is 2. The zero-order valence-corrected chi connectivity index (χ0v) is 68.2. The summed E-state index contributed by atoms with van der Waals surface area (Å²) in [7, 11) is 0. The number of phenols is 1. The maximum absolute atomic E-state index is 15.2. The van der Waals surface area contributed by atoms with Crippen LogP contribution in [0.15, 0.2) is 85.2 Å². The normalized spacial score (nSPS) is 14.5. The van der Waals surface area contributed by atoms with Crippen molar-refractivity contribution in [1.82, 2.24) is 79.1 Å². The van der Waals surface area contributed by atoms with Gasteiger partial charge in [-0.1, -0.05) is 76.2 Å². The summed E-state index contributed by atoms with van der Waals surface area (Å²) in [5.74, 6) is -20.1. The molecule has 648 valence electrons. The number of phenolic OH excluding ortho intramolecular Hbond substituents is 1. The van der Waals surface area contributed by atoms with Crippen molar-refractivity contribution in [2.45, 2.75) is 204 Å². The molecule has 40 nitrogen and oxygen atoms in total. The SMILES string of the molecule is CC(=O)N[C@@H](CS)C(=O)N[C@@H](CCC(N)=O)C(=O)N[C@H](C(=O)N[C@@H](Cc1c[nH]c2ccccc12)C(=O)N[C@@H](CCC(N)=O)C(=O)N[C@@H](CS)C(=O)N[C@@H](Cc1ccc(O)cc1)C(=O)N[C@@H](Cc1c[nH]c2ccccc12)C(=O)N[C@@H](CCC(C)C)C(=O)N[C@@H](CCC(=O)O)C(=O)N[C@@H](CC(N)=O)C(=O)NCC(=O)N[C@@H](CC(C)C)C(N)=O)[C@@H](C)O. The molecule has 26 N–H and O–H groups in total. The summed E-state index contributed by atoms with van der Waals surface area (Å²) < 4.78 is 0. The number of nitrogens with one attached hydrogen (secondary N) is 15. The number of amides is 17. The fourth-order valence-corrected chi connectivity index (χ4v) is 12.9. The lowest BCUT2D eigenvalue weighted by Crippen LogP contribution is -2.62. The number of benzene rings is 3. The molecule has 0 unspecified atom stereocenters. The molecule has 0 aliphatic rings. The smallest absolute Gasteiger partial charge is 0.303 e. The monoisotopic (exact) mass is 1700 g/mol. The number of carboxylic acids is 1. The summed E-state index contributed by atoms with van der Waals surface area (Å²) in [6.07, 6.45) is -3.89. The van der Waals surface area contributed by atoms with Crippen molar-refractivity contribution in [3.8, 4) is 5.75 Å². The molecule has 0 aliphatic heterocycles. The largest absolute Gasteiger partial charge is 0.508 e. The fraction of sp³-hybridized carbons (Fsp3) is 0.481. The van der Waals surface area contributed by atoms with Crippen LogP contribution < -0.4 is 92.1 Å².